The summed E-state index contributed by atoms with van der Waals surface area (Å²) in [5, 5.41) is 9.85. The predicted octanol–water partition coefficient (Wildman–Crippen LogP) is 5.49. The summed E-state index contributed by atoms with van der Waals surface area (Å²) >= 11 is 7.26. The lowest BCUT2D eigenvalue weighted by atomic mass is 9.94. The number of hydrogen-bond donors (Lipinski definition) is 1. The number of piperazine rings is 2. The molecular formula is C33H41ClN8O3. The minimum Gasteiger partial charge on any atom is -0.487 e. The van der Waals surface area contributed by atoms with Gasteiger partial charge in [-0.25, -0.2) is 9.78 Å². The Morgan fingerprint density at radius 2 is 1.67 bits per heavy atom. The number of ether oxygens (including phenoxy) is 2. The minimum absolute atomic E-state index is 0.122. The first-order valence-corrected chi connectivity index (χ1v) is 16.2. The molecule has 0 unspecified atom stereocenters. The maximum Gasteiger partial charge on any atom is 0.410 e. The molecule has 0 radical (unpaired) electrons. The Hall–Kier alpha value is -3.83. The average Bonchev–Trinajstić information content (AvgIpc) is 3.70. The summed E-state index contributed by atoms with van der Waals surface area (Å²) < 4.78 is 12.4. The number of amides is 1. The van der Waals surface area contributed by atoms with Crippen LogP contribution in [0, 0.1) is 6.92 Å². The molecule has 45 heavy (non-hydrogen) atoms. The molecule has 2 aliphatic heterocycles. The molecule has 3 fully saturated rings. The van der Waals surface area contributed by atoms with Gasteiger partial charge in [-0.15, -0.1) is 0 Å². The van der Waals surface area contributed by atoms with Gasteiger partial charge in [0.15, 0.2) is 5.75 Å². The highest BCUT2D eigenvalue weighted by Crippen LogP contribution is 2.48. The van der Waals surface area contributed by atoms with E-state index in [1.54, 1.807) is 4.90 Å². The van der Waals surface area contributed by atoms with E-state index in [0.717, 1.165) is 83.3 Å². The zero-order valence-electron chi connectivity index (χ0n) is 26.7. The number of halogens is 1. The van der Waals surface area contributed by atoms with Gasteiger partial charge >= 0.3 is 6.09 Å². The Morgan fingerprint density at radius 1 is 0.956 bits per heavy atom. The molecule has 12 heteroatoms. The first-order valence-electron chi connectivity index (χ1n) is 15.9. The fourth-order valence-corrected chi connectivity index (χ4v) is 6.44. The lowest BCUT2D eigenvalue weighted by molar-refractivity contribution is 0.0240. The Morgan fingerprint density at radius 3 is 2.36 bits per heavy atom. The van der Waals surface area contributed by atoms with Gasteiger partial charge in [0.25, 0.3) is 0 Å². The molecule has 1 saturated carbocycles. The fraction of sp³-hybridized carbons (Fsp3) is 0.515. The Kier molecular flexibility index (Phi) is 7.64. The van der Waals surface area contributed by atoms with Crippen LogP contribution in [-0.2, 0) is 4.74 Å². The molecule has 2 aromatic carbocycles. The van der Waals surface area contributed by atoms with Crippen molar-refractivity contribution < 1.29 is 14.3 Å². The van der Waals surface area contributed by atoms with Crippen LogP contribution in [0.5, 0.6) is 5.75 Å². The number of fused-ring (bicyclic) bond motifs is 2. The maximum absolute atomic E-state index is 12.8. The zero-order valence-corrected chi connectivity index (χ0v) is 27.4. The summed E-state index contributed by atoms with van der Waals surface area (Å²) in [6, 6.07) is 6.12. The molecular weight excluding hydrogens is 592 g/mol. The summed E-state index contributed by atoms with van der Waals surface area (Å²) in [6.45, 7) is 13.6. The number of aryl methyl sites for hydroxylation is 1. The number of benzene rings is 2. The summed E-state index contributed by atoms with van der Waals surface area (Å²) in [5.74, 6) is 2.20. The number of hydrogen-bond acceptors (Lipinski definition) is 9. The van der Waals surface area contributed by atoms with Crippen LogP contribution in [0.15, 0.2) is 24.4 Å². The van der Waals surface area contributed by atoms with E-state index >= 15 is 0 Å². The summed E-state index contributed by atoms with van der Waals surface area (Å²) in [6.07, 6.45) is 3.68. The topological polar surface area (TPSA) is 103 Å². The normalized spacial score (nSPS) is 18.2. The van der Waals surface area contributed by atoms with E-state index < -0.39 is 5.60 Å². The molecule has 238 valence electrons. The number of nitrogens with one attached hydrogen (secondary N) is 1. The third kappa shape index (κ3) is 5.95. The number of carbonyl (C=O) groups excluding carboxylic acids is 1. The number of carbonyl (C=O) groups is 1. The van der Waals surface area contributed by atoms with Crippen LogP contribution in [0.25, 0.3) is 32.9 Å². The van der Waals surface area contributed by atoms with Crippen molar-refractivity contribution >= 4 is 51.3 Å². The van der Waals surface area contributed by atoms with Crippen molar-refractivity contribution in [3.05, 3.63) is 35.0 Å². The Labute approximate surface area is 268 Å². The molecule has 2 aromatic heterocycles. The second kappa shape index (κ2) is 11.5. The van der Waals surface area contributed by atoms with Crippen LogP contribution in [0.4, 0.5) is 16.6 Å². The summed E-state index contributed by atoms with van der Waals surface area (Å²) in [7, 11) is 2.14. The van der Waals surface area contributed by atoms with Gasteiger partial charge in [0.05, 0.1) is 22.8 Å². The molecule has 11 nitrogen and oxygen atoms in total. The maximum atomic E-state index is 12.8. The summed E-state index contributed by atoms with van der Waals surface area (Å²) in [5.41, 5.74) is 4.07. The summed E-state index contributed by atoms with van der Waals surface area (Å²) in [4.78, 5) is 31.9. The van der Waals surface area contributed by atoms with Crippen molar-refractivity contribution in [2.45, 2.75) is 52.2 Å². The van der Waals surface area contributed by atoms with Crippen LogP contribution in [0.1, 0.15) is 39.2 Å². The van der Waals surface area contributed by atoms with Gasteiger partial charge in [-0.2, -0.15) is 10.1 Å². The second-order valence-electron chi connectivity index (χ2n) is 13.5. The molecule has 7 rings (SSSR count). The van der Waals surface area contributed by atoms with Gasteiger partial charge in [-0.1, -0.05) is 17.7 Å². The number of nitrogens with zero attached hydrogens (tertiary/aromatic N) is 7. The molecule has 1 N–H and O–H groups in total. The zero-order chi connectivity index (χ0) is 31.5. The average molecular weight is 633 g/mol. The highest BCUT2D eigenvalue weighted by Gasteiger charge is 2.33. The van der Waals surface area contributed by atoms with Crippen molar-refractivity contribution in [2.75, 3.05) is 69.2 Å². The number of aromatic nitrogens is 4. The van der Waals surface area contributed by atoms with Crippen molar-refractivity contribution in [3.8, 4) is 16.9 Å². The monoisotopic (exact) mass is 632 g/mol. The van der Waals surface area contributed by atoms with E-state index in [0.29, 0.717) is 42.9 Å². The molecule has 1 aliphatic carbocycles. The number of aromatic amines is 1. The number of anilines is 2. The Bertz CT molecular complexity index is 1750. The SMILES string of the molecule is Cc1ccc2[nH]ncc2c1-c1c(Cl)cc2c(N3CCN(C(=O)OC(C)(C)C)CC3)nc(N3CCN(C)CC3)nc2c1OC1CC1. The second-order valence-corrected chi connectivity index (χ2v) is 13.9. The molecule has 2 saturated heterocycles. The number of rotatable bonds is 5. The quantitative estimate of drug-likeness (QED) is 0.306. The number of H-pyrrole nitrogens is 1. The van der Waals surface area contributed by atoms with Crippen molar-refractivity contribution in [3.63, 3.8) is 0 Å². The standard InChI is InChI=1S/C33H41ClN8O3/c1-20-6-9-25-23(19-35-38-25)26(20)27-24(34)18-22-28(29(27)44-21-7-8-21)36-31(41-12-10-39(5)11-13-41)37-30(22)40-14-16-42(17-15-40)32(43)45-33(2,3)4/h6,9,18-19,21H,7-8,10-17H2,1-5H3,(H,35,38). The smallest absolute Gasteiger partial charge is 0.410 e. The lowest BCUT2D eigenvalue weighted by Crippen LogP contribution is -2.50. The molecule has 4 aromatic rings. The van der Waals surface area contributed by atoms with Crippen LogP contribution < -0.4 is 14.5 Å². The van der Waals surface area contributed by atoms with Crippen molar-refractivity contribution in [2.24, 2.45) is 0 Å². The van der Waals surface area contributed by atoms with Gasteiger partial charge in [0.1, 0.15) is 16.9 Å². The Balaban J connectivity index is 1.37. The third-order valence-electron chi connectivity index (χ3n) is 8.77. The molecule has 0 bridgehead atoms. The number of likely N-dealkylation sites (N-methyl/N-ethyl adjacent to an activating group) is 1. The fourth-order valence-electron chi connectivity index (χ4n) is 6.15. The first kappa shape index (κ1) is 29.9. The highest BCUT2D eigenvalue weighted by atomic mass is 35.5. The van der Waals surface area contributed by atoms with Gasteiger partial charge in [-0.05, 0) is 65.3 Å². The van der Waals surface area contributed by atoms with E-state index in [1.807, 2.05) is 39.1 Å². The highest BCUT2D eigenvalue weighted by molar-refractivity contribution is 6.35. The van der Waals surface area contributed by atoms with Gasteiger partial charge in [-0.3, -0.25) is 5.10 Å². The molecule has 4 heterocycles. The van der Waals surface area contributed by atoms with Crippen LogP contribution in [-0.4, -0.2) is 107 Å². The van der Waals surface area contributed by atoms with Crippen LogP contribution in [0.2, 0.25) is 5.02 Å². The predicted molar refractivity (Wildman–Crippen MR) is 178 cm³/mol. The van der Waals surface area contributed by atoms with E-state index in [1.165, 1.54) is 0 Å². The molecule has 0 atom stereocenters. The van der Waals surface area contributed by atoms with Gasteiger partial charge < -0.3 is 29.1 Å². The molecule has 3 aliphatic rings. The van der Waals surface area contributed by atoms with E-state index in [9.17, 15) is 4.79 Å². The van der Waals surface area contributed by atoms with E-state index in [-0.39, 0.29) is 12.2 Å². The lowest BCUT2D eigenvalue weighted by Gasteiger charge is -2.37. The van der Waals surface area contributed by atoms with Gasteiger partial charge in [0, 0.05) is 74.3 Å². The first-order chi connectivity index (χ1) is 21.6. The van der Waals surface area contributed by atoms with Gasteiger partial charge in [0.2, 0.25) is 5.95 Å². The van der Waals surface area contributed by atoms with Crippen LogP contribution >= 0.6 is 11.6 Å². The van der Waals surface area contributed by atoms with Crippen molar-refractivity contribution in [1.29, 1.82) is 0 Å². The molecule has 1 amide bonds. The third-order valence-corrected chi connectivity index (χ3v) is 9.07. The van der Waals surface area contributed by atoms with E-state index in [4.69, 9.17) is 31.0 Å². The van der Waals surface area contributed by atoms with Crippen LogP contribution in [0.3, 0.4) is 0 Å². The van der Waals surface area contributed by atoms with E-state index in [2.05, 4.69) is 44.9 Å². The largest absolute Gasteiger partial charge is 0.487 e. The minimum atomic E-state index is -0.542. The van der Waals surface area contributed by atoms with Crippen molar-refractivity contribution in [1.82, 2.24) is 30.0 Å². The molecule has 0 spiro atoms.